The van der Waals surface area contributed by atoms with Gasteiger partial charge in [-0.15, -0.1) is 0 Å². The fourth-order valence-electron chi connectivity index (χ4n) is 3.09. The molecule has 1 aliphatic heterocycles. The number of amides is 3. The summed E-state index contributed by atoms with van der Waals surface area (Å²) in [5, 5.41) is 3.76. The standard InChI is InChI=1S/C23H14Cl2I2N2O3/c24-15-6-4-13(5-7-15)12-32-21-18(26)8-14(9-19(21)27)10-20-22(30)29(23(31)28-20)17-3-1-2-16(25)11-17/h1-11H,12H2,(H,28,31)/b20-10+. The topological polar surface area (TPSA) is 58.6 Å². The lowest BCUT2D eigenvalue weighted by atomic mass is 10.1. The van der Waals surface area contributed by atoms with Gasteiger partial charge in [0.2, 0.25) is 0 Å². The Kier molecular flexibility index (Phi) is 7.28. The molecule has 0 aliphatic carbocycles. The number of halogens is 4. The lowest BCUT2D eigenvalue weighted by molar-refractivity contribution is -0.113. The fraction of sp³-hybridized carbons (Fsp3) is 0.0435. The zero-order chi connectivity index (χ0) is 22.8. The molecule has 3 aromatic rings. The van der Waals surface area contributed by atoms with Gasteiger partial charge >= 0.3 is 6.03 Å². The van der Waals surface area contributed by atoms with Crippen LogP contribution >= 0.6 is 68.4 Å². The molecule has 0 radical (unpaired) electrons. The maximum atomic E-state index is 12.8. The van der Waals surface area contributed by atoms with E-state index in [4.69, 9.17) is 27.9 Å². The van der Waals surface area contributed by atoms with Crippen LogP contribution in [0.3, 0.4) is 0 Å². The van der Waals surface area contributed by atoms with Gasteiger partial charge in [-0.2, -0.15) is 0 Å². The molecule has 4 rings (SSSR count). The molecular formula is C23H14Cl2I2N2O3. The molecule has 0 atom stereocenters. The Morgan fingerprint density at radius 3 is 2.28 bits per heavy atom. The van der Waals surface area contributed by atoms with E-state index in [1.807, 2.05) is 36.4 Å². The maximum Gasteiger partial charge on any atom is 0.333 e. The highest BCUT2D eigenvalue weighted by atomic mass is 127. The van der Waals surface area contributed by atoms with Gasteiger partial charge in [-0.3, -0.25) is 4.79 Å². The van der Waals surface area contributed by atoms with Crippen molar-refractivity contribution in [2.45, 2.75) is 6.61 Å². The molecule has 0 unspecified atom stereocenters. The number of imide groups is 1. The number of nitrogens with zero attached hydrogens (tertiary/aromatic N) is 1. The van der Waals surface area contributed by atoms with Gasteiger partial charge in [0.05, 0.1) is 12.8 Å². The van der Waals surface area contributed by atoms with Crippen molar-refractivity contribution in [1.29, 1.82) is 0 Å². The minimum absolute atomic E-state index is 0.191. The highest BCUT2D eigenvalue weighted by Crippen LogP contribution is 2.31. The third-order valence-corrected chi connectivity index (χ3v) is 6.66. The Morgan fingerprint density at radius 2 is 1.62 bits per heavy atom. The number of ether oxygens (including phenoxy) is 1. The number of rotatable bonds is 5. The predicted octanol–water partition coefficient (Wildman–Crippen LogP) is 6.88. The quantitative estimate of drug-likeness (QED) is 0.181. The lowest BCUT2D eigenvalue weighted by Crippen LogP contribution is -2.30. The zero-order valence-electron chi connectivity index (χ0n) is 16.2. The predicted molar refractivity (Wildman–Crippen MR) is 143 cm³/mol. The SMILES string of the molecule is O=C1N/C(=C/c2cc(I)c(OCc3ccc(Cl)cc3)c(I)c2)C(=O)N1c1cccc(Cl)c1. The van der Waals surface area contributed by atoms with E-state index in [0.717, 1.165) is 28.9 Å². The third-order valence-electron chi connectivity index (χ3n) is 4.57. The number of carbonyl (C=O) groups excluding carboxylic acids is 2. The Hall–Kier alpha value is -1.82. The summed E-state index contributed by atoms with van der Waals surface area (Å²) in [6.45, 7) is 0.409. The van der Waals surface area contributed by atoms with E-state index in [9.17, 15) is 9.59 Å². The van der Waals surface area contributed by atoms with Crippen molar-refractivity contribution in [1.82, 2.24) is 5.32 Å². The van der Waals surface area contributed by atoms with Crippen molar-refractivity contribution in [3.8, 4) is 5.75 Å². The van der Waals surface area contributed by atoms with E-state index in [0.29, 0.717) is 22.3 Å². The van der Waals surface area contributed by atoms with Gasteiger partial charge in [0.25, 0.3) is 5.91 Å². The Labute approximate surface area is 222 Å². The molecule has 0 bridgehead atoms. The van der Waals surface area contributed by atoms with Gasteiger partial charge < -0.3 is 10.1 Å². The molecule has 0 saturated carbocycles. The van der Waals surface area contributed by atoms with Crippen LogP contribution in [0.5, 0.6) is 5.75 Å². The molecule has 1 saturated heterocycles. The molecule has 5 nitrogen and oxygen atoms in total. The van der Waals surface area contributed by atoms with Crippen molar-refractivity contribution in [3.05, 3.63) is 94.7 Å². The smallest absolute Gasteiger partial charge is 0.333 e. The molecule has 32 heavy (non-hydrogen) atoms. The average molecular weight is 691 g/mol. The molecule has 3 aromatic carbocycles. The second-order valence-corrected chi connectivity index (χ2v) is 10.0. The van der Waals surface area contributed by atoms with Crippen LogP contribution in [0.15, 0.2) is 66.4 Å². The molecular weight excluding hydrogens is 677 g/mol. The van der Waals surface area contributed by atoms with E-state index in [2.05, 4.69) is 50.5 Å². The second kappa shape index (κ2) is 9.98. The normalized spacial score (nSPS) is 14.8. The van der Waals surface area contributed by atoms with E-state index in [1.54, 1.807) is 30.3 Å². The molecule has 1 heterocycles. The van der Waals surface area contributed by atoms with E-state index >= 15 is 0 Å². The first-order chi connectivity index (χ1) is 15.3. The highest BCUT2D eigenvalue weighted by Gasteiger charge is 2.35. The maximum absolute atomic E-state index is 12.8. The summed E-state index contributed by atoms with van der Waals surface area (Å²) in [6, 6.07) is 17.4. The molecule has 0 spiro atoms. The van der Waals surface area contributed by atoms with Crippen LogP contribution < -0.4 is 15.0 Å². The molecule has 0 aromatic heterocycles. The van der Waals surface area contributed by atoms with Gasteiger partial charge in [-0.05, 0) is 105 Å². The molecule has 3 amide bonds. The summed E-state index contributed by atoms with van der Waals surface area (Å²) in [5.74, 6) is 0.316. The van der Waals surface area contributed by atoms with Crippen molar-refractivity contribution >= 4 is 92.1 Å². The number of hydrogen-bond acceptors (Lipinski definition) is 3. The number of hydrogen-bond donors (Lipinski definition) is 1. The summed E-state index contributed by atoms with van der Waals surface area (Å²) in [4.78, 5) is 26.3. The van der Waals surface area contributed by atoms with Gasteiger partial charge in [0.1, 0.15) is 18.1 Å². The second-order valence-electron chi connectivity index (χ2n) is 6.84. The average Bonchev–Trinajstić information content (AvgIpc) is 3.01. The van der Waals surface area contributed by atoms with Gasteiger partial charge in [-0.1, -0.05) is 41.4 Å². The highest BCUT2D eigenvalue weighted by molar-refractivity contribution is 14.1. The van der Waals surface area contributed by atoms with Crippen molar-refractivity contribution in [2.24, 2.45) is 0 Å². The summed E-state index contributed by atoms with van der Waals surface area (Å²) in [6.07, 6.45) is 1.65. The van der Waals surface area contributed by atoms with Gasteiger partial charge in [0.15, 0.2) is 0 Å². The van der Waals surface area contributed by atoms with Gasteiger partial charge in [-0.25, -0.2) is 9.69 Å². The van der Waals surface area contributed by atoms with Crippen LogP contribution in [0, 0.1) is 7.14 Å². The fourth-order valence-corrected chi connectivity index (χ4v) is 5.53. The van der Waals surface area contributed by atoms with Crippen molar-refractivity contribution in [2.75, 3.05) is 4.90 Å². The number of anilines is 1. The van der Waals surface area contributed by atoms with Crippen LogP contribution in [-0.2, 0) is 11.4 Å². The molecule has 1 fully saturated rings. The molecule has 1 N–H and O–H groups in total. The first kappa shape index (κ1) is 23.3. The summed E-state index contributed by atoms with van der Waals surface area (Å²) < 4.78 is 7.78. The first-order valence-electron chi connectivity index (χ1n) is 9.31. The van der Waals surface area contributed by atoms with Crippen molar-refractivity contribution < 1.29 is 14.3 Å². The van der Waals surface area contributed by atoms with E-state index in [-0.39, 0.29) is 5.70 Å². The van der Waals surface area contributed by atoms with Crippen molar-refractivity contribution in [3.63, 3.8) is 0 Å². The Balaban J connectivity index is 1.54. The number of benzene rings is 3. The van der Waals surface area contributed by atoms with Crippen LogP contribution in [0.1, 0.15) is 11.1 Å². The first-order valence-corrected chi connectivity index (χ1v) is 12.2. The minimum atomic E-state index is -0.518. The summed E-state index contributed by atoms with van der Waals surface area (Å²) >= 11 is 16.3. The minimum Gasteiger partial charge on any atom is -0.487 e. The molecule has 1 aliphatic rings. The largest absolute Gasteiger partial charge is 0.487 e. The lowest BCUT2D eigenvalue weighted by Gasteiger charge is -2.12. The summed E-state index contributed by atoms with van der Waals surface area (Å²) in [7, 11) is 0. The summed E-state index contributed by atoms with van der Waals surface area (Å²) in [5.41, 5.74) is 2.39. The van der Waals surface area contributed by atoms with Crippen LogP contribution in [-0.4, -0.2) is 11.9 Å². The molecule has 9 heteroatoms. The number of urea groups is 1. The zero-order valence-corrected chi connectivity index (χ0v) is 22.1. The number of carbonyl (C=O) groups is 2. The number of nitrogens with one attached hydrogen (secondary N) is 1. The Bertz CT molecular complexity index is 1220. The third kappa shape index (κ3) is 5.22. The van der Waals surface area contributed by atoms with Gasteiger partial charge in [0, 0.05) is 10.0 Å². The van der Waals surface area contributed by atoms with Crippen LogP contribution in [0.25, 0.3) is 6.08 Å². The van der Waals surface area contributed by atoms with Crippen LogP contribution in [0.4, 0.5) is 10.5 Å². The monoisotopic (exact) mass is 690 g/mol. The van der Waals surface area contributed by atoms with E-state index < -0.39 is 11.9 Å². The van der Waals surface area contributed by atoms with Crippen LogP contribution in [0.2, 0.25) is 10.0 Å². The molecule has 162 valence electrons. The van der Waals surface area contributed by atoms with E-state index in [1.165, 1.54) is 0 Å². The Morgan fingerprint density at radius 1 is 0.938 bits per heavy atom.